The monoisotopic (exact) mass is 458 g/mol. The van der Waals surface area contributed by atoms with Gasteiger partial charge in [0.25, 0.3) is 5.91 Å². The fourth-order valence-electron chi connectivity index (χ4n) is 5.20. The average molecular weight is 459 g/mol. The molecular formula is C24H30N2O5S. The highest BCUT2D eigenvalue weighted by molar-refractivity contribution is 7.89. The van der Waals surface area contributed by atoms with Crippen molar-refractivity contribution in [3.05, 3.63) is 48.0 Å². The van der Waals surface area contributed by atoms with Crippen molar-refractivity contribution in [3.63, 3.8) is 0 Å². The number of hydrogen-bond donors (Lipinski definition) is 2. The largest absolute Gasteiger partial charge is 0.493 e. The molecule has 1 amide bonds. The first-order valence-corrected chi connectivity index (χ1v) is 12.4. The van der Waals surface area contributed by atoms with Crippen LogP contribution < -0.4 is 19.5 Å². The third-order valence-electron chi connectivity index (χ3n) is 6.84. The Morgan fingerprint density at radius 1 is 1.00 bits per heavy atom. The lowest BCUT2D eigenvalue weighted by atomic mass is 9.84. The first kappa shape index (κ1) is 22.6. The molecule has 0 aliphatic heterocycles. The van der Waals surface area contributed by atoms with Crippen molar-refractivity contribution < 1.29 is 22.7 Å². The van der Waals surface area contributed by atoms with Crippen LogP contribution in [0.1, 0.15) is 43.0 Å². The van der Waals surface area contributed by atoms with E-state index in [1.165, 1.54) is 45.6 Å². The Kier molecular flexibility index (Phi) is 6.44. The van der Waals surface area contributed by atoms with Crippen LogP contribution in [-0.2, 0) is 10.0 Å². The van der Waals surface area contributed by atoms with Gasteiger partial charge in [-0.1, -0.05) is 6.42 Å². The Bertz CT molecular complexity index is 1080. The zero-order valence-corrected chi connectivity index (χ0v) is 19.4. The summed E-state index contributed by atoms with van der Waals surface area (Å²) in [6, 6.07) is 11.0. The average Bonchev–Trinajstić information content (AvgIpc) is 3.42. The first-order chi connectivity index (χ1) is 15.3. The second-order valence-electron chi connectivity index (χ2n) is 8.80. The van der Waals surface area contributed by atoms with Crippen molar-refractivity contribution in [2.45, 2.75) is 43.5 Å². The predicted octanol–water partition coefficient (Wildman–Crippen LogP) is 4.06. The number of sulfonamides is 1. The summed E-state index contributed by atoms with van der Waals surface area (Å²) in [7, 11) is -0.588. The van der Waals surface area contributed by atoms with E-state index in [1.807, 2.05) is 6.92 Å². The number of ether oxygens (including phenoxy) is 2. The number of anilines is 1. The van der Waals surface area contributed by atoms with Gasteiger partial charge in [-0.3, -0.25) is 4.79 Å². The second kappa shape index (κ2) is 9.11. The van der Waals surface area contributed by atoms with Gasteiger partial charge in [0.1, 0.15) is 0 Å². The van der Waals surface area contributed by atoms with E-state index in [-0.39, 0.29) is 16.8 Å². The van der Waals surface area contributed by atoms with Crippen molar-refractivity contribution >= 4 is 21.6 Å². The summed E-state index contributed by atoms with van der Waals surface area (Å²) in [4.78, 5) is 12.8. The van der Waals surface area contributed by atoms with Crippen LogP contribution in [0.25, 0.3) is 0 Å². The van der Waals surface area contributed by atoms with Gasteiger partial charge in [-0.2, -0.15) is 0 Å². The molecule has 0 aromatic heterocycles. The van der Waals surface area contributed by atoms with Gasteiger partial charge in [-0.25, -0.2) is 13.1 Å². The molecule has 2 aromatic carbocycles. The van der Waals surface area contributed by atoms with E-state index in [2.05, 4.69) is 10.0 Å². The quantitative estimate of drug-likeness (QED) is 0.622. The minimum Gasteiger partial charge on any atom is -0.493 e. The Balaban J connectivity index is 1.40. The molecule has 8 heteroatoms. The number of hydrogen-bond acceptors (Lipinski definition) is 5. The van der Waals surface area contributed by atoms with Crippen molar-refractivity contribution in [3.8, 4) is 11.5 Å². The highest BCUT2D eigenvalue weighted by atomic mass is 32.2. The smallest absolute Gasteiger partial charge is 0.255 e. The maximum Gasteiger partial charge on any atom is 0.255 e. The van der Waals surface area contributed by atoms with E-state index in [0.717, 1.165) is 12.3 Å². The molecule has 2 aliphatic carbocycles. The molecule has 2 saturated carbocycles. The van der Waals surface area contributed by atoms with Gasteiger partial charge in [0.05, 0.1) is 19.1 Å². The number of carbonyl (C=O) groups excluding carboxylic acids is 1. The molecule has 32 heavy (non-hydrogen) atoms. The van der Waals surface area contributed by atoms with Crippen LogP contribution in [-0.4, -0.2) is 34.6 Å². The van der Waals surface area contributed by atoms with Crippen LogP contribution in [0.3, 0.4) is 0 Å². The molecular weight excluding hydrogens is 428 g/mol. The lowest BCUT2D eigenvalue weighted by Gasteiger charge is -2.28. The van der Waals surface area contributed by atoms with E-state index < -0.39 is 10.0 Å². The normalized spacial score (nSPS) is 23.0. The predicted molar refractivity (Wildman–Crippen MR) is 123 cm³/mol. The van der Waals surface area contributed by atoms with Gasteiger partial charge in [0.15, 0.2) is 11.5 Å². The Morgan fingerprint density at radius 3 is 2.31 bits per heavy atom. The molecule has 2 aromatic rings. The van der Waals surface area contributed by atoms with Crippen molar-refractivity contribution in [1.82, 2.24) is 4.72 Å². The second-order valence-corrected chi connectivity index (χ2v) is 10.5. The van der Waals surface area contributed by atoms with Gasteiger partial charge in [0.2, 0.25) is 10.0 Å². The molecule has 2 bridgehead atoms. The first-order valence-electron chi connectivity index (χ1n) is 11.0. The van der Waals surface area contributed by atoms with Crippen molar-refractivity contribution in [2.24, 2.45) is 17.8 Å². The Labute approximate surface area is 189 Å². The molecule has 0 heterocycles. The van der Waals surface area contributed by atoms with Gasteiger partial charge in [-0.05, 0) is 86.4 Å². The number of amides is 1. The molecule has 172 valence electrons. The molecule has 2 N–H and O–H groups in total. The number of carbonyl (C=O) groups is 1. The fourth-order valence-corrected chi connectivity index (χ4v) is 6.50. The Hall–Kier alpha value is -2.58. The maximum absolute atomic E-state index is 12.9. The zero-order chi connectivity index (χ0) is 22.9. The lowest BCUT2D eigenvalue weighted by molar-refractivity contribution is 0.102. The minimum absolute atomic E-state index is 0.0836. The number of rotatable bonds is 8. The molecule has 0 saturated heterocycles. The molecule has 2 aliphatic rings. The standard InChI is InChI=1S/C24H30N2O5S/c1-15(21-13-16-4-5-17(21)12-16)26-32(28,29)20-9-7-19(8-10-20)25-24(27)18-6-11-22(30-2)23(14-18)31-3/h6-11,14-17,21,26H,4-5,12-13H2,1-3H3,(H,25,27)/t15-,16+,17+,21-/m1/s1. The molecule has 0 radical (unpaired) electrons. The van der Waals surface area contributed by atoms with E-state index in [4.69, 9.17) is 9.47 Å². The lowest BCUT2D eigenvalue weighted by Crippen LogP contribution is -2.40. The third kappa shape index (κ3) is 4.61. The van der Waals surface area contributed by atoms with E-state index >= 15 is 0 Å². The summed E-state index contributed by atoms with van der Waals surface area (Å²) in [5.74, 6) is 2.49. The summed E-state index contributed by atoms with van der Waals surface area (Å²) in [6.07, 6.45) is 4.87. The highest BCUT2D eigenvalue weighted by Gasteiger charge is 2.42. The van der Waals surface area contributed by atoms with Gasteiger partial charge in [0, 0.05) is 17.3 Å². The topological polar surface area (TPSA) is 93.7 Å². The Morgan fingerprint density at radius 2 is 1.72 bits per heavy atom. The molecule has 0 spiro atoms. The SMILES string of the molecule is COc1ccc(C(=O)Nc2ccc(S(=O)(=O)N[C@H](C)[C@H]3C[C@H]4CC[C@H]3C4)cc2)cc1OC. The van der Waals surface area contributed by atoms with E-state index in [0.29, 0.717) is 34.6 Å². The van der Waals surface area contributed by atoms with Gasteiger partial charge >= 0.3 is 0 Å². The van der Waals surface area contributed by atoms with Crippen molar-refractivity contribution in [1.29, 1.82) is 0 Å². The third-order valence-corrected chi connectivity index (χ3v) is 8.42. The van der Waals surface area contributed by atoms with Crippen LogP contribution in [0.2, 0.25) is 0 Å². The fraction of sp³-hybridized carbons (Fsp3) is 0.458. The van der Waals surface area contributed by atoms with Gasteiger partial charge < -0.3 is 14.8 Å². The number of methoxy groups -OCH3 is 2. The minimum atomic E-state index is -3.62. The van der Waals surface area contributed by atoms with E-state index in [9.17, 15) is 13.2 Å². The molecule has 4 atom stereocenters. The van der Waals surface area contributed by atoms with Crippen LogP contribution >= 0.6 is 0 Å². The van der Waals surface area contributed by atoms with Gasteiger partial charge in [-0.15, -0.1) is 0 Å². The summed E-state index contributed by atoms with van der Waals surface area (Å²) in [5.41, 5.74) is 0.908. The molecule has 0 unspecified atom stereocenters. The number of nitrogens with one attached hydrogen (secondary N) is 2. The van der Waals surface area contributed by atoms with Crippen LogP contribution in [0, 0.1) is 17.8 Å². The molecule has 7 nitrogen and oxygen atoms in total. The highest BCUT2D eigenvalue weighted by Crippen LogP contribution is 2.49. The zero-order valence-electron chi connectivity index (χ0n) is 18.6. The number of fused-ring (bicyclic) bond motifs is 2. The van der Waals surface area contributed by atoms with Crippen molar-refractivity contribution in [2.75, 3.05) is 19.5 Å². The summed E-state index contributed by atoms with van der Waals surface area (Å²) in [5, 5.41) is 2.78. The van der Waals surface area contributed by atoms with E-state index in [1.54, 1.807) is 30.3 Å². The summed E-state index contributed by atoms with van der Waals surface area (Å²) in [6.45, 7) is 1.97. The van der Waals surface area contributed by atoms with Crippen LogP contribution in [0.4, 0.5) is 5.69 Å². The summed E-state index contributed by atoms with van der Waals surface area (Å²) < 4.78 is 39.0. The molecule has 4 rings (SSSR count). The van der Waals surface area contributed by atoms with Crippen LogP contribution in [0.15, 0.2) is 47.4 Å². The molecule has 2 fully saturated rings. The maximum atomic E-state index is 12.9. The van der Waals surface area contributed by atoms with Crippen LogP contribution in [0.5, 0.6) is 11.5 Å². The summed E-state index contributed by atoms with van der Waals surface area (Å²) >= 11 is 0. The number of benzene rings is 2.